The molecule has 108 valence electrons. The predicted molar refractivity (Wildman–Crippen MR) is 82.0 cm³/mol. The Hall–Kier alpha value is -1.20. The van der Waals surface area contributed by atoms with E-state index >= 15 is 0 Å². The van der Waals surface area contributed by atoms with E-state index in [1.54, 1.807) is 18.2 Å². The first-order valence-electron chi connectivity index (χ1n) is 6.62. The number of hydrogen-bond donors (Lipinski definition) is 1. The predicted octanol–water partition coefficient (Wildman–Crippen LogP) is 3.53. The molecule has 1 aromatic heterocycles. The van der Waals surface area contributed by atoms with Crippen LogP contribution in [0.15, 0.2) is 28.7 Å². The third-order valence-corrected chi connectivity index (χ3v) is 4.51. The maximum absolute atomic E-state index is 14.0. The lowest BCUT2D eigenvalue weighted by Gasteiger charge is -2.26. The van der Waals surface area contributed by atoms with Crippen molar-refractivity contribution in [2.24, 2.45) is 5.73 Å². The highest BCUT2D eigenvalue weighted by molar-refractivity contribution is 9.10. The fraction of sp³-hybridized carbons (Fsp3) is 0.400. The monoisotopic (exact) mass is 339 g/mol. The molecule has 1 aromatic carbocycles. The minimum Gasteiger partial charge on any atom is -0.321 e. The molecular formula is C15H19BrFN3. The molecule has 1 unspecified atom stereocenters. The number of aryl methyl sites for hydroxylation is 2. The summed E-state index contributed by atoms with van der Waals surface area (Å²) < 4.78 is 16.8. The number of aromatic nitrogens is 2. The second kappa shape index (κ2) is 5.66. The first-order valence-corrected chi connectivity index (χ1v) is 7.41. The van der Waals surface area contributed by atoms with Crippen LogP contribution in [0.2, 0.25) is 0 Å². The smallest absolute Gasteiger partial charge is 0.128 e. The Labute approximate surface area is 127 Å². The molecule has 2 aromatic rings. The van der Waals surface area contributed by atoms with Crippen LogP contribution in [0.25, 0.3) is 0 Å². The molecule has 0 amide bonds. The van der Waals surface area contributed by atoms with Gasteiger partial charge in [0.25, 0.3) is 0 Å². The molecular weight excluding hydrogens is 321 g/mol. The Morgan fingerprint density at radius 1 is 1.40 bits per heavy atom. The zero-order valence-corrected chi connectivity index (χ0v) is 13.5. The van der Waals surface area contributed by atoms with Gasteiger partial charge in [-0.15, -0.1) is 0 Å². The van der Waals surface area contributed by atoms with Crippen molar-refractivity contribution in [2.75, 3.05) is 0 Å². The molecule has 0 bridgehead atoms. The lowest BCUT2D eigenvalue weighted by atomic mass is 9.88. The van der Waals surface area contributed by atoms with Gasteiger partial charge in [-0.05, 0) is 42.8 Å². The van der Waals surface area contributed by atoms with Gasteiger partial charge in [-0.1, -0.05) is 18.2 Å². The van der Waals surface area contributed by atoms with Gasteiger partial charge in [0, 0.05) is 24.1 Å². The lowest BCUT2D eigenvalue weighted by molar-refractivity contribution is 0.438. The van der Waals surface area contributed by atoms with Crippen LogP contribution in [0.4, 0.5) is 4.39 Å². The average Bonchev–Trinajstić information content (AvgIpc) is 2.66. The van der Waals surface area contributed by atoms with Crippen LogP contribution in [0.1, 0.15) is 30.8 Å². The number of nitrogens with zero attached hydrogens (tertiary/aromatic N) is 2. The third kappa shape index (κ3) is 2.79. The SMILES string of the molecule is CCn1nc(C)c(Br)c1CC(C)(N)c1ccccc1F. The van der Waals surface area contributed by atoms with E-state index in [1.165, 1.54) is 6.07 Å². The van der Waals surface area contributed by atoms with Gasteiger partial charge < -0.3 is 5.73 Å². The van der Waals surface area contributed by atoms with E-state index in [1.807, 2.05) is 25.5 Å². The molecule has 3 nitrogen and oxygen atoms in total. The Balaban J connectivity index is 2.41. The van der Waals surface area contributed by atoms with E-state index in [0.29, 0.717) is 12.0 Å². The molecule has 5 heteroatoms. The molecule has 0 saturated heterocycles. The van der Waals surface area contributed by atoms with Gasteiger partial charge in [-0.2, -0.15) is 5.10 Å². The average molecular weight is 340 g/mol. The van der Waals surface area contributed by atoms with E-state index in [9.17, 15) is 4.39 Å². The van der Waals surface area contributed by atoms with E-state index in [-0.39, 0.29) is 5.82 Å². The summed E-state index contributed by atoms with van der Waals surface area (Å²) in [6, 6.07) is 6.66. The van der Waals surface area contributed by atoms with Gasteiger partial charge in [0.15, 0.2) is 0 Å². The minimum atomic E-state index is -0.784. The zero-order chi connectivity index (χ0) is 14.9. The summed E-state index contributed by atoms with van der Waals surface area (Å²) in [6.45, 7) is 6.57. The molecule has 1 heterocycles. The van der Waals surface area contributed by atoms with Crippen LogP contribution >= 0.6 is 15.9 Å². The zero-order valence-electron chi connectivity index (χ0n) is 12.0. The van der Waals surface area contributed by atoms with E-state index in [0.717, 1.165) is 22.4 Å². The number of benzene rings is 1. The molecule has 2 rings (SSSR count). The third-order valence-electron chi connectivity index (χ3n) is 3.48. The van der Waals surface area contributed by atoms with Crippen molar-refractivity contribution in [3.8, 4) is 0 Å². The number of hydrogen-bond acceptors (Lipinski definition) is 2. The van der Waals surface area contributed by atoms with Crippen LogP contribution in [0.5, 0.6) is 0 Å². The Kier molecular flexibility index (Phi) is 4.30. The quantitative estimate of drug-likeness (QED) is 0.925. The van der Waals surface area contributed by atoms with Crippen LogP contribution < -0.4 is 5.73 Å². The maximum Gasteiger partial charge on any atom is 0.128 e. The first-order chi connectivity index (χ1) is 9.36. The summed E-state index contributed by atoms with van der Waals surface area (Å²) >= 11 is 3.55. The minimum absolute atomic E-state index is 0.270. The fourth-order valence-corrected chi connectivity index (χ4v) is 2.83. The normalized spacial score (nSPS) is 14.3. The standard InChI is InChI=1S/C15H19BrFN3/c1-4-20-13(14(16)10(2)19-20)9-15(3,18)11-7-5-6-8-12(11)17/h5-8H,4,9,18H2,1-3H3. The summed E-state index contributed by atoms with van der Waals surface area (Å²) in [5.74, 6) is -0.270. The highest BCUT2D eigenvalue weighted by Gasteiger charge is 2.28. The van der Waals surface area contributed by atoms with Gasteiger partial charge in [-0.25, -0.2) is 4.39 Å². The van der Waals surface area contributed by atoms with Gasteiger partial charge in [0.2, 0.25) is 0 Å². The van der Waals surface area contributed by atoms with Gasteiger partial charge in [-0.3, -0.25) is 4.68 Å². The maximum atomic E-state index is 14.0. The molecule has 0 radical (unpaired) electrons. The van der Waals surface area contributed by atoms with Gasteiger partial charge in [0.05, 0.1) is 15.9 Å². The summed E-state index contributed by atoms with van der Waals surface area (Å²) in [6.07, 6.45) is 0.517. The van der Waals surface area contributed by atoms with Crippen LogP contribution in [-0.4, -0.2) is 9.78 Å². The van der Waals surface area contributed by atoms with E-state index in [4.69, 9.17) is 5.73 Å². The molecule has 0 fully saturated rings. The van der Waals surface area contributed by atoms with E-state index < -0.39 is 5.54 Å². The molecule has 0 aliphatic carbocycles. The molecule has 0 aliphatic heterocycles. The number of rotatable bonds is 4. The molecule has 20 heavy (non-hydrogen) atoms. The second-order valence-electron chi connectivity index (χ2n) is 5.24. The van der Waals surface area contributed by atoms with Crippen molar-refractivity contribution in [3.05, 3.63) is 51.5 Å². The van der Waals surface area contributed by atoms with Crippen molar-refractivity contribution in [2.45, 2.75) is 39.3 Å². The summed E-state index contributed by atoms with van der Waals surface area (Å²) in [5, 5.41) is 4.45. The van der Waals surface area contributed by atoms with Crippen LogP contribution in [0, 0.1) is 12.7 Å². The topological polar surface area (TPSA) is 43.8 Å². The van der Waals surface area contributed by atoms with Crippen molar-refractivity contribution in [3.63, 3.8) is 0 Å². The van der Waals surface area contributed by atoms with Crippen LogP contribution in [0.3, 0.4) is 0 Å². The second-order valence-corrected chi connectivity index (χ2v) is 6.03. The Morgan fingerprint density at radius 2 is 2.05 bits per heavy atom. The molecule has 0 aliphatic rings. The number of nitrogens with two attached hydrogens (primary N) is 1. The first kappa shape index (κ1) is 15.2. The van der Waals surface area contributed by atoms with Crippen LogP contribution in [-0.2, 0) is 18.5 Å². The van der Waals surface area contributed by atoms with E-state index in [2.05, 4.69) is 21.0 Å². The fourth-order valence-electron chi connectivity index (χ4n) is 2.41. The highest BCUT2D eigenvalue weighted by atomic mass is 79.9. The molecule has 0 saturated carbocycles. The molecule has 1 atom stereocenters. The number of halogens is 2. The van der Waals surface area contributed by atoms with Gasteiger partial charge in [0.1, 0.15) is 5.82 Å². The Morgan fingerprint density at radius 3 is 2.65 bits per heavy atom. The highest BCUT2D eigenvalue weighted by Crippen LogP contribution is 2.30. The van der Waals surface area contributed by atoms with Crippen molar-refractivity contribution in [1.82, 2.24) is 9.78 Å². The summed E-state index contributed by atoms with van der Waals surface area (Å²) in [4.78, 5) is 0. The van der Waals surface area contributed by atoms with Crippen molar-refractivity contribution >= 4 is 15.9 Å². The van der Waals surface area contributed by atoms with Crippen molar-refractivity contribution in [1.29, 1.82) is 0 Å². The molecule has 0 spiro atoms. The van der Waals surface area contributed by atoms with Crippen molar-refractivity contribution < 1.29 is 4.39 Å². The largest absolute Gasteiger partial charge is 0.321 e. The summed E-state index contributed by atoms with van der Waals surface area (Å²) in [7, 11) is 0. The lowest BCUT2D eigenvalue weighted by Crippen LogP contribution is -2.37. The molecule has 2 N–H and O–H groups in total. The Bertz CT molecular complexity index is 620. The van der Waals surface area contributed by atoms with Gasteiger partial charge >= 0.3 is 0 Å². The summed E-state index contributed by atoms with van der Waals surface area (Å²) in [5.41, 5.74) is 8.03.